The number of nitrogens with one attached hydrogen (secondary N) is 1. The summed E-state index contributed by atoms with van der Waals surface area (Å²) >= 11 is 3.90. The molecule has 0 aromatic heterocycles. The highest BCUT2D eigenvalue weighted by Crippen LogP contribution is 2.21. The minimum Gasteiger partial charge on any atom is -0.322 e. The van der Waals surface area contributed by atoms with Crippen molar-refractivity contribution >= 4 is 45.9 Å². The third-order valence-corrected chi connectivity index (χ3v) is 6.06. The van der Waals surface area contributed by atoms with Gasteiger partial charge in [0, 0.05) is 46.0 Å². The van der Waals surface area contributed by atoms with Gasteiger partial charge in [-0.25, -0.2) is 4.39 Å². The number of aryl methyl sites for hydroxylation is 1. The summed E-state index contributed by atoms with van der Waals surface area (Å²) < 4.78 is 14.2. The summed E-state index contributed by atoms with van der Waals surface area (Å²) in [5.74, 6) is 1.69. The predicted octanol–water partition coefficient (Wildman–Crippen LogP) is 4.54. The molecule has 3 rings (SSSR count). The molecule has 1 aliphatic rings. The van der Waals surface area contributed by atoms with Crippen LogP contribution in [0.4, 0.5) is 10.1 Å². The zero-order valence-electron chi connectivity index (χ0n) is 14.0. The Labute approximate surface area is 165 Å². The average molecular weight is 470 g/mol. The lowest BCUT2D eigenvalue weighted by atomic mass is 10.1. The van der Waals surface area contributed by atoms with E-state index in [2.05, 4.69) is 16.3 Å². The van der Waals surface area contributed by atoms with E-state index in [-0.39, 0.29) is 11.7 Å². The van der Waals surface area contributed by atoms with Crippen LogP contribution < -0.4 is 5.32 Å². The molecule has 132 valence electrons. The Morgan fingerprint density at radius 1 is 1.24 bits per heavy atom. The first kappa shape index (κ1) is 18.7. The highest BCUT2D eigenvalue weighted by Gasteiger charge is 2.13. The van der Waals surface area contributed by atoms with E-state index in [0.29, 0.717) is 9.13 Å². The van der Waals surface area contributed by atoms with Crippen molar-refractivity contribution in [1.82, 2.24) is 4.90 Å². The monoisotopic (exact) mass is 470 g/mol. The number of hydrogen-bond acceptors (Lipinski definition) is 3. The molecule has 0 bridgehead atoms. The van der Waals surface area contributed by atoms with Crippen LogP contribution in [0.2, 0.25) is 0 Å². The number of amides is 1. The van der Waals surface area contributed by atoms with E-state index in [1.165, 1.54) is 23.1 Å². The van der Waals surface area contributed by atoms with E-state index in [4.69, 9.17) is 0 Å². The van der Waals surface area contributed by atoms with E-state index in [9.17, 15) is 9.18 Å². The van der Waals surface area contributed by atoms with Crippen LogP contribution in [0.25, 0.3) is 0 Å². The van der Waals surface area contributed by atoms with E-state index in [0.717, 1.165) is 30.9 Å². The molecule has 25 heavy (non-hydrogen) atoms. The lowest BCUT2D eigenvalue weighted by molar-refractivity contribution is 0.102. The molecule has 1 fully saturated rings. The Morgan fingerprint density at radius 2 is 2.00 bits per heavy atom. The smallest absolute Gasteiger partial charge is 0.255 e. The maximum Gasteiger partial charge on any atom is 0.255 e. The van der Waals surface area contributed by atoms with Gasteiger partial charge in [-0.2, -0.15) is 11.8 Å². The standard InChI is InChI=1S/C19H20FIN2OS/c1-13-2-3-14(12-23-6-8-25-9-7-23)10-18(13)22-19(24)15-4-5-17(21)16(20)11-15/h2-5,10-11H,6-9,12H2,1H3,(H,22,24). The number of nitrogens with zero attached hydrogens (tertiary/aromatic N) is 1. The van der Waals surface area contributed by atoms with Gasteiger partial charge >= 0.3 is 0 Å². The fourth-order valence-electron chi connectivity index (χ4n) is 2.75. The van der Waals surface area contributed by atoms with Gasteiger partial charge in [-0.05, 0) is 64.9 Å². The molecule has 0 spiro atoms. The predicted molar refractivity (Wildman–Crippen MR) is 111 cm³/mol. The van der Waals surface area contributed by atoms with Crippen molar-refractivity contribution in [2.75, 3.05) is 29.9 Å². The topological polar surface area (TPSA) is 32.3 Å². The molecule has 1 aliphatic heterocycles. The molecule has 0 unspecified atom stereocenters. The summed E-state index contributed by atoms with van der Waals surface area (Å²) in [6.07, 6.45) is 0. The molecule has 0 saturated carbocycles. The molecule has 3 nitrogen and oxygen atoms in total. The summed E-state index contributed by atoms with van der Waals surface area (Å²) in [5, 5.41) is 2.92. The van der Waals surface area contributed by atoms with Gasteiger partial charge < -0.3 is 5.32 Å². The van der Waals surface area contributed by atoms with E-state index >= 15 is 0 Å². The molecule has 0 atom stereocenters. The van der Waals surface area contributed by atoms with Crippen molar-refractivity contribution in [3.8, 4) is 0 Å². The normalized spacial score (nSPS) is 15.2. The number of halogens is 2. The van der Waals surface area contributed by atoms with E-state index in [1.807, 2.05) is 53.4 Å². The number of rotatable bonds is 4. The molecule has 2 aromatic carbocycles. The molecule has 6 heteroatoms. The second kappa shape index (κ2) is 8.51. The Kier molecular flexibility index (Phi) is 6.35. The van der Waals surface area contributed by atoms with Gasteiger partial charge in [0.2, 0.25) is 0 Å². The summed E-state index contributed by atoms with van der Waals surface area (Å²) in [6.45, 7) is 5.05. The molecule has 1 N–H and O–H groups in total. The van der Waals surface area contributed by atoms with Crippen molar-refractivity contribution in [3.63, 3.8) is 0 Å². The first-order valence-electron chi connectivity index (χ1n) is 8.19. The van der Waals surface area contributed by atoms with Gasteiger partial charge in [0.25, 0.3) is 5.91 Å². The third kappa shape index (κ3) is 4.95. The number of carbonyl (C=O) groups is 1. The molecular formula is C19H20FIN2OS. The lowest BCUT2D eigenvalue weighted by Crippen LogP contribution is -2.32. The Morgan fingerprint density at radius 3 is 2.72 bits per heavy atom. The second-order valence-corrected chi connectivity index (χ2v) is 8.51. The Hall–Kier alpha value is -1.12. The van der Waals surface area contributed by atoms with Gasteiger partial charge in [-0.15, -0.1) is 0 Å². The first-order chi connectivity index (χ1) is 12.0. The summed E-state index contributed by atoms with van der Waals surface area (Å²) in [6, 6.07) is 10.7. The number of benzene rings is 2. The molecular weight excluding hydrogens is 450 g/mol. The van der Waals surface area contributed by atoms with Crippen LogP contribution in [0.5, 0.6) is 0 Å². The summed E-state index contributed by atoms with van der Waals surface area (Å²) in [4.78, 5) is 14.9. The molecule has 1 saturated heterocycles. The van der Waals surface area contributed by atoms with Crippen molar-refractivity contribution in [3.05, 3.63) is 62.5 Å². The van der Waals surface area contributed by atoms with Gasteiger partial charge in [0.1, 0.15) is 5.82 Å². The molecule has 0 radical (unpaired) electrons. The van der Waals surface area contributed by atoms with Crippen LogP contribution in [-0.2, 0) is 6.54 Å². The molecule has 0 aliphatic carbocycles. The third-order valence-electron chi connectivity index (χ3n) is 4.24. The Bertz CT molecular complexity index is 778. The summed E-state index contributed by atoms with van der Waals surface area (Å²) in [5.41, 5.74) is 3.29. The van der Waals surface area contributed by atoms with E-state index in [1.54, 1.807) is 12.1 Å². The average Bonchev–Trinajstić information content (AvgIpc) is 2.61. The number of anilines is 1. The maximum absolute atomic E-state index is 13.7. The number of hydrogen-bond donors (Lipinski definition) is 1. The van der Waals surface area contributed by atoms with Crippen molar-refractivity contribution in [2.45, 2.75) is 13.5 Å². The van der Waals surface area contributed by atoms with Crippen LogP contribution in [0, 0.1) is 16.3 Å². The van der Waals surface area contributed by atoms with Gasteiger partial charge in [-0.3, -0.25) is 9.69 Å². The highest BCUT2D eigenvalue weighted by atomic mass is 127. The van der Waals surface area contributed by atoms with Crippen molar-refractivity contribution < 1.29 is 9.18 Å². The van der Waals surface area contributed by atoms with E-state index < -0.39 is 0 Å². The zero-order valence-corrected chi connectivity index (χ0v) is 17.0. The van der Waals surface area contributed by atoms with Crippen LogP contribution in [-0.4, -0.2) is 35.4 Å². The molecule has 1 heterocycles. The molecule has 2 aromatic rings. The van der Waals surface area contributed by atoms with Crippen LogP contribution in [0.15, 0.2) is 36.4 Å². The van der Waals surface area contributed by atoms with Crippen LogP contribution >= 0.6 is 34.4 Å². The second-order valence-electron chi connectivity index (χ2n) is 6.12. The van der Waals surface area contributed by atoms with Gasteiger partial charge in [0.05, 0.1) is 0 Å². The SMILES string of the molecule is Cc1ccc(CN2CCSCC2)cc1NC(=O)c1ccc(I)c(F)c1. The number of carbonyl (C=O) groups excluding carboxylic acids is 1. The van der Waals surface area contributed by atoms with Crippen LogP contribution in [0.3, 0.4) is 0 Å². The minimum absolute atomic E-state index is 0.287. The highest BCUT2D eigenvalue weighted by molar-refractivity contribution is 14.1. The maximum atomic E-state index is 13.7. The van der Waals surface area contributed by atoms with Crippen molar-refractivity contribution in [1.29, 1.82) is 0 Å². The fourth-order valence-corrected chi connectivity index (χ4v) is 4.07. The van der Waals surface area contributed by atoms with Crippen LogP contribution in [0.1, 0.15) is 21.5 Å². The quantitative estimate of drug-likeness (QED) is 0.667. The zero-order chi connectivity index (χ0) is 17.8. The van der Waals surface area contributed by atoms with Crippen molar-refractivity contribution in [2.24, 2.45) is 0 Å². The lowest BCUT2D eigenvalue weighted by Gasteiger charge is -2.26. The summed E-state index contributed by atoms with van der Waals surface area (Å²) in [7, 11) is 0. The van der Waals surface area contributed by atoms with Gasteiger partial charge in [-0.1, -0.05) is 12.1 Å². The molecule has 1 amide bonds. The van der Waals surface area contributed by atoms with Gasteiger partial charge in [0.15, 0.2) is 0 Å². The largest absolute Gasteiger partial charge is 0.322 e. The Balaban J connectivity index is 1.73. The number of thioether (sulfide) groups is 1. The fraction of sp³-hybridized carbons (Fsp3) is 0.316. The first-order valence-corrected chi connectivity index (χ1v) is 10.4. The minimum atomic E-state index is -0.373.